The fourth-order valence-electron chi connectivity index (χ4n) is 2.19. The molecule has 116 valence electrons. The second-order valence-corrected chi connectivity index (χ2v) is 4.47. The molecule has 2 rings (SSSR count). The molecule has 5 nitrogen and oxygen atoms in total. The molecule has 0 atom stereocenters. The number of aromatic nitrogens is 1. The van der Waals surface area contributed by atoms with Crippen LogP contribution in [0.5, 0.6) is 5.75 Å². The first-order chi connectivity index (χ1) is 10.7. The fourth-order valence-corrected chi connectivity index (χ4v) is 2.19. The van der Waals surface area contributed by atoms with Crippen LogP contribution in [0.2, 0.25) is 0 Å². The predicted molar refractivity (Wildman–Crippen MR) is 79.0 cm³/mol. The van der Waals surface area contributed by atoms with Crippen LogP contribution in [0.15, 0.2) is 18.3 Å². The summed E-state index contributed by atoms with van der Waals surface area (Å²) in [7, 11) is 1.32. The van der Waals surface area contributed by atoms with Gasteiger partial charge in [0.1, 0.15) is 11.6 Å². The van der Waals surface area contributed by atoms with Gasteiger partial charge in [-0.3, -0.25) is 4.98 Å². The maximum Gasteiger partial charge on any atom is 0.192 e. The largest absolute Gasteiger partial charge is 0.492 e. The highest BCUT2D eigenvalue weighted by Crippen LogP contribution is 2.31. The van der Waals surface area contributed by atoms with Gasteiger partial charge in [0.15, 0.2) is 17.9 Å². The van der Waals surface area contributed by atoms with E-state index in [9.17, 15) is 4.39 Å². The molecule has 0 saturated heterocycles. The highest BCUT2D eigenvalue weighted by atomic mass is 19.1. The van der Waals surface area contributed by atoms with Crippen molar-refractivity contribution in [2.75, 3.05) is 20.3 Å². The molecule has 0 unspecified atom stereocenters. The molecule has 0 amide bonds. The number of halogens is 1. The minimum absolute atomic E-state index is 0.0959. The Morgan fingerprint density at radius 3 is 2.50 bits per heavy atom. The van der Waals surface area contributed by atoms with Gasteiger partial charge in [0, 0.05) is 30.4 Å². The van der Waals surface area contributed by atoms with E-state index in [1.165, 1.54) is 13.3 Å². The summed E-state index contributed by atoms with van der Waals surface area (Å²) in [5.74, 6) is -0.742. The highest BCUT2D eigenvalue weighted by molar-refractivity contribution is 5.83. The van der Waals surface area contributed by atoms with Crippen LogP contribution >= 0.6 is 0 Å². The molecule has 1 aromatic carbocycles. The summed E-state index contributed by atoms with van der Waals surface area (Å²) >= 11 is 0. The molecule has 0 aliphatic carbocycles. The van der Waals surface area contributed by atoms with E-state index in [1.807, 2.05) is 19.9 Å². The molecule has 1 heterocycles. The first-order valence-corrected chi connectivity index (χ1v) is 6.95. The van der Waals surface area contributed by atoms with Crippen molar-refractivity contribution in [1.29, 1.82) is 5.26 Å². The van der Waals surface area contributed by atoms with Gasteiger partial charge in [-0.25, -0.2) is 4.39 Å². The number of nitriles is 1. The first-order valence-electron chi connectivity index (χ1n) is 6.95. The van der Waals surface area contributed by atoms with Crippen LogP contribution in [0, 0.1) is 17.1 Å². The second-order valence-electron chi connectivity index (χ2n) is 4.47. The minimum Gasteiger partial charge on any atom is -0.492 e. The van der Waals surface area contributed by atoms with Crippen molar-refractivity contribution in [2.24, 2.45) is 0 Å². The Morgan fingerprint density at radius 1 is 1.27 bits per heavy atom. The van der Waals surface area contributed by atoms with Gasteiger partial charge in [0.2, 0.25) is 0 Å². The molecule has 6 heteroatoms. The van der Waals surface area contributed by atoms with Gasteiger partial charge in [-0.05, 0) is 26.0 Å². The third-order valence-electron chi connectivity index (χ3n) is 3.12. The van der Waals surface area contributed by atoms with Gasteiger partial charge in [-0.2, -0.15) is 5.26 Å². The number of benzene rings is 1. The molecule has 0 spiro atoms. The van der Waals surface area contributed by atoms with E-state index in [0.717, 1.165) is 0 Å². The van der Waals surface area contributed by atoms with Gasteiger partial charge in [0.05, 0.1) is 12.7 Å². The summed E-state index contributed by atoms with van der Waals surface area (Å²) in [5.41, 5.74) is 0.937. The summed E-state index contributed by atoms with van der Waals surface area (Å²) in [6.07, 6.45) is 0.940. The molecule has 0 aliphatic rings. The number of nitrogens with zero attached hydrogens (tertiary/aromatic N) is 2. The van der Waals surface area contributed by atoms with Crippen molar-refractivity contribution in [3.63, 3.8) is 0 Å². The molecule has 0 aliphatic heterocycles. The zero-order valence-corrected chi connectivity index (χ0v) is 12.7. The van der Waals surface area contributed by atoms with Crippen molar-refractivity contribution in [3.8, 4) is 11.8 Å². The van der Waals surface area contributed by atoms with Gasteiger partial charge in [-0.15, -0.1) is 0 Å². The topological polar surface area (TPSA) is 64.4 Å². The average molecular weight is 304 g/mol. The normalized spacial score (nSPS) is 10.9. The summed E-state index contributed by atoms with van der Waals surface area (Å²) < 4.78 is 30.3. The molecule has 22 heavy (non-hydrogen) atoms. The second kappa shape index (κ2) is 7.16. The molecule has 0 N–H and O–H groups in total. The SMILES string of the molecule is CCOC(OCC)c1cnc2c(F)c(OC)c(C#N)cc2c1. The third kappa shape index (κ3) is 3.01. The smallest absolute Gasteiger partial charge is 0.192 e. The standard InChI is InChI=1S/C16H17FN2O3/c1-4-21-16(22-5-2)12-7-10-6-11(8-18)15(20-3)13(17)14(10)19-9-12/h6-7,9,16H,4-5H2,1-3H3. The van der Waals surface area contributed by atoms with Crippen LogP contribution in [-0.2, 0) is 9.47 Å². The molecular formula is C16H17FN2O3. The van der Waals surface area contributed by atoms with Crippen LogP contribution in [-0.4, -0.2) is 25.3 Å². The summed E-state index contributed by atoms with van der Waals surface area (Å²) in [6, 6.07) is 5.18. The van der Waals surface area contributed by atoms with E-state index < -0.39 is 12.1 Å². The van der Waals surface area contributed by atoms with E-state index in [-0.39, 0.29) is 16.8 Å². The number of hydrogen-bond donors (Lipinski definition) is 0. The Bertz CT molecular complexity index is 707. The number of methoxy groups -OCH3 is 1. The average Bonchev–Trinajstić information content (AvgIpc) is 2.54. The Morgan fingerprint density at radius 2 is 1.95 bits per heavy atom. The summed E-state index contributed by atoms with van der Waals surface area (Å²) in [5, 5.41) is 9.61. The number of rotatable bonds is 6. The number of fused-ring (bicyclic) bond motifs is 1. The molecule has 0 saturated carbocycles. The third-order valence-corrected chi connectivity index (χ3v) is 3.12. The van der Waals surface area contributed by atoms with E-state index >= 15 is 0 Å². The van der Waals surface area contributed by atoms with Gasteiger partial charge >= 0.3 is 0 Å². The van der Waals surface area contributed by atoms with Crippen molar-refractivity contribution in [1.82, 2.24) is 4.98 Å². The lowest BCUT2D eigenvalue weighted by Crippen LogP contribution is -2.09. The van der Waals surface area contributed by atoms with Crippen molar-refractivity contribution < 1.29 is 18.6 Å². The number of hydrogen-bond acceptors (Lipinski definition) is 5. The lowest BCUT2D eigenvalue weighted by molar-refractivity contribution is -0.140. The molecule has 2 aromatic rings. The quantitative estimate of drug-likeness (QED) is 0.766. The summed E-state index contributed by atoms with van der Waals surface area (Å²) in [6.45, 7) is 4.67. The monoisotopic (exact) mass is 304 g/mol. The lowest BCUT2D eigenvalue weighted by Gasteiger charge is -2.17. The predicted octanol–water partition coefficient (Wildman–Crippen LogP) is 3.33. The number of pyridine rings is 1. The maximum atomic E-state index is 14.3. The van der Waals surface area contributed by atoms with E-state index in [0.29, 0.717) is 24.2 Å². The van der Waals surface area contributed by atoms with Gasteiger partial charge < -0.3 is 14.2 Å². The minimum atomic E-state index is -0.646. The zero-order valence-electron chi connectivity index (χ0n) is 12.7. The molecule has 1 aromatic heterocycles. The van der Waals surface area contributed by atoms with Crippen LogP contribution < -0.4 is 4.74 Å². The summed E-state index contributed by atoms with van der Waals surface area (Å²) in [4.78, 5) is 4.13. The Kier molecular flexibility index (Phi) is 5.26. The first kappa shape index (κ1) is 16.1. The fraction of sp³-hybridized carbons (Fsp3) is 0.375. The molecule has 0 bridgehead atoms. The highest BCUT2D eigenvalue weighted by Gasteiger charge is 2.18. The molecular weight excluding hydrogens is 287 g/mol. The van der Waals surface area contributed by atoms with Gasteiger partial charge in [-0.1, -0.05) is 0 Å². The molecule has 0 fully saturated rings. The van der Waals surface area contributed by atoms with E-state index in [4.69, 9.17) is 19.5 Å². The van der Waals surface area contributed by atoms with Crippen molar-refractivity contribution in [3.05, 3.63) is 35.3 Å². The Labute approximate surface area is 128 Å². The van der Waals surface area contributed by atoms with E-state index in [1.54, 1.807) is 12.1 Å². The van der Waals surface area contributed by atoms with Crippen LogP contribution in [0.1, 0.15) is 31.3 Å². The van der Waals surface area contributed by atoms with Crippen molar-refractivity contribution >= 4 is 10.9 Å². The lowest BCUT2D eigenvalue weighted by atomic mass is 10.1. The van der Waals surface area contributed by atoms with E-state index in [2.05, 4.69) is 4.98 Å². The molecule has 0 radical (unpaired) electrons. The Hall–Kier alpha value is -2.23. The van der Waals surface area contributed by atoms with Crippen molar-refractivity contribution in [2.45, 2.75) is 20.1 Å². The van der Waals surface area contributed by atoms with Crippen LogP contribution in [0.4, 0.5) is 4.39 Å². The zero-order chi connectivity index (χ0) is 16.1. The Balaban J connectivity index is 2.57. The maximum absolute atomic E-state index is 14.3. The van der Waals surface area contributed by atoms with Crippen LogP contribution in [0.3, 0.4) is 0 Å². The van der Waals surface area contributed by atoms with Crippen LogP contribution in [0.25, 0.3) is 10.9 Å². The number of ether oxygens (including phenoxy) is 3. The van der Waals surface area contributed by atoms with Gasteiger partial charge in [0.25, 0.3) is 0 Å².